The largest absolute Gasteiger partial charge is 0.493 e. The van der Waals surface area contributed by atoms with Gasteiger partial charge in [-0.15, -0.1) is 0 Å². The summed E-state index contributed by atoms with van der Waals surface area (Å²) in [5, 5.41) is 8.12. The molecule has 0 bridgehead atoms. The molecule has 9 heteroatoms. The number of nitrogens with zero attached hydrogens (tertiary/aromatic N) is 2. The van der Waals surface area contributed by atoms with E-state index in [1.165, 1.54) is 23.5 Å². The highest BCUT2D eigenvalue weighted by Crippen LogP contribution is 2.36. The number of carbonyl (C=O) groups is 1. The number of hydrogen-bond donors (Lipinski definition) is 2. The van der Waals surface area contributed by atoms with Gasteiger partial charge in [0.05, 0.1) is 20.4 Å². The fourth-order valence-electron chi connectivity index (χ4n) is 3.12. The molecule has 1 amide bonds. The number of hydrazone groups is 1. The van der Waals surface area contributed by atoms with Gasteiger partial charge in [-0.05, 0) is 60.2 Å². The number of amides is 1. The quantitative estimate of drug-likeness (QED) is 0.253. The Kier molecular flexibility index (Phi) is 7.14. The molecule has 4 aromatic rings. The number of nitrogens with one attached hydrogen (secondary N) is 2. The van der Waals surface area contributed by atoms with Crippen LogP contribution in [-0.4, -0.2) is 31.3 Å². The van der Waals surface area contributed by atoms with Crippen LogP contribution >= 0.6 is 11.3 Å². The molecule has 172 valence electrons. The lowest BCUT2D eigenvalue weighted by Crippen LogP contribution is -2.11. The Morgan fingerprint density at radius 1 is 1.00 bits per heavy atom. The van der Waals surface area contributed by atoms with Crippen molar-refractivity contribution in [3.05, 3.63) is 89.7 Å². The highest BCUT2D eigenvalue weighted by Gasteiger charge is 2.16. The Morgan fingerprint density at radius 3 is 2.44 bits per heavy atom. The fourth-order valence-corrected chi connectivity index (χ4v) is 3.95. The smallest absolute Gasteiger partial charge is 0.256 e. The van der Waals surface area contributed by atoms with E-state index in [1.807, 2.05) is 12.1 Å². The van der Waals surface area contributed by atoms with E-state index in [9.17, 15) is 9.18 Å². The van der Waals surface area contributed by atoms with Crippen LogP contribution in [0.2, 0.25) is 0 Å². The molecule has 0 saturated carbocycles. The average Bonchev–Trinajstić information content (AvgIpc) is 3.27. The third kappa shape index (κ3) is 5.38. The summed E-state index contributed by atoms with van der Waals surface area (Å²) in [4.78, 5) is 17.3. The first-order valence-electron chi connectivity index (χ1n) is 10.2. The Hall–Kier alpha value is -4.24. The van der Waals surface area contributed by atoms with Crippen molar-refractivity contribution in [2.24, 2.45) is 5.10 Å². The van der Waals surface area contributed by atoms with Crippen LogP contribution in [0.1, 0.15) is 15.9 Å². The first-order valence-corrected chi connectivity index (χ1v) is 11.0. The van der Waals surface area contributed by atoms with Crippen molar-refractivity contribution in [1.29, 1.82) is 0 Å². The Morgan fingerprint density at radius 2 is 1.74 bits per heavy atom. The van der Waals surface area contributed by atoms with Crippen LogP contribution < -0.4 is 20.2 Å². The predicted octanol–water partition coefficient (Wildman–Crippen LogP) is 5.66. The molecule has 0 aliphatic rings. The molecule has 0 radical (unpaired) electrons. The summed E-state index contributed by atoms with van der Waals surface area (Å²) in [5.74, 6) is 0.584. The summed E-state index contributed by atoms with van der Waals surface area (Å²) in [6.07, 6.45) is 1.61. The van der Waals surface area contributed by atoms with Crippen molar-refractivity contribution in [2.75, 3.05) is 25.0 Å². The van der Waals surface area contributed by atoms with Crippen molar-refractivity contribution in [1.82, 2.24) is 4.98 Å². The number of thiazole rings is 1. The zero-order chi connectivity index (χ0) is 23.9. The molecular formula is C25H21FN4O3S. The molecule has 0 unspecified atom stereocenters. The molecular weight excluding hydrogens is 455 g/mol. The normalized spacial score (nSPS) is 10.8. The van der Waals surface area contributed by atoms with Gasteiger partial charge in [0, 0.05) is 11.1 Å². The molecule has 0 spiro atoms. The third-order valence-electron chi connectivity index (χ3n) is 4.79. The number of ether oxygens (including phenoxy) is 2. The predicted molar refractivity (Wildman–Crippen MR) is 133 cm³/mol. The van der Waals surface area contributed by atoms with Gasteiger partial charge in [-0.2, -0.15) is 5.10 Å². The lowest BCUT2D eigenvalue weighted by Gasteiger charge is -2.07. The van der Waals surface area contributed by atoms with Crippen molar-refractivity contribution in [3.63, 3.8) is 0 Å². The van der Waals surface area contributed by atoms with Crippen LogP contribution in [0, 0.1) is 5.82 Å². The minimum Gasteiger partial charge on any atom is -0.493 e. The molecule has 1 heterocycles. The molecule has 1 aromatic heterocycles. The molecule has 7 nitrogen and oxygen atoms in total. The van der Waals surface area contributed by atoms with Gasteiger partial charge in [0.25, 0.3) is 5.91 Å². The van der Waals surface area contributed by atoms with E-state index in [0.717, 1.165) is 5.56 Å². The van der Waals surface area contributed by atoms with E-state index in [1.54, 1.807) is 69.0 Å². The topological polar surface area (TPSA) is 84.8 Å². The lowest BCUT2D eigenvalue weighted by atomic mass is 10.1. The van der Waals surface area contributed by atoms with Crippen molar-refractivity contribution in [2.45, 2.75) is 0 Å². The summed E-state index contributed by atoms with van der Waals surface area (Å²) in [6.45, 7) is 0. The number of rotatable bonds is 8. The number of benzene rings is 3. The zero-order valence-electron chi connectivity index (χ0n) is 18.4. The van der Waals surface area contributed by atoms with Crippen LogP contribution in [-0.2, 0) is 0 Å². The molecule has 0 atom stereocenters. The maximum Gasteiger partial charge on any atom is 0.256 e. The number of anilines is 2. The van der Waals surface area contributed by atoms with Gasteiger partial charge in [0.15, 0.2) is 11.5 Å². The molecule has 0 aliphatic carbocycles. The van der Waals surface area contributed by atoms with E-state index >= 15 is 0 Å². The number of carbonyl (C=O) groups excluding carboxylic acids is 1. The highest BCUT2D eigenvalue weighted by atomic mass is 32.1. The van der Waals surface area contributed by atoms with Crippen LogP contribution in [0.15, 0.2) is 77.9 Å². The van der Waals surface area contributed by atoms with Gasteiger partial charge in [0.2, 0.25) is 5.13 Å². The van der Waals surface area contributed by atoms with Crippen molar-refractivity contribution < 1.29 is 18.7 Å². The minimum absolute atomic E-state index is 0.270. The second-order valence-electron chi connectivity index (χ2n) is 7.01. The molecule has 0 aliphatic heterocycles. The number of hydrogen-bond acceptors (Lipinski definition) is 7. The summed E-state index contributed by atoms with van der Waals surface area (Å²) in [6, 6.07) is 20.2. The zero-order valence-corrected chi connectivity index (χ0v) is 19.2. The van der Waals surface area contributed by atoms with Crippen LogP contribution in [0.25, 0.3) is 11.3 Å². The monoisotopic (exact) mass is 476 g/mol. The maximum atomic E-state index is 13.4. The average molecular weight is 477 g/mol. The molecule has 0 saturated heterocycles. The molecule has 2 N–H and O–H groups in total. The lowest BCUT2D eigenvalue weighted by molar-refractivity contribution is 0.102. The summed E-state index contributed by atoms with van der Waals surface area (Å²) in [7, 11) is 3.14. The van der Waals surface area contributed by atoms with Gasteiger partial charge in [-0.3, -0.25) is 10.2 Å². The molecule has 34 heavy (non-hydrogen) atoms. The van der Waals surface area contributed by atoms with Crippen LogP contribution in [0.5, 0.6) is 11.5 Å². The van der Waals surface area contributed by atoms with Gasteiger partial charge in [-0.1, -0.05) is 29.5 Å². The number of halogens is 1. The summed E-state index contributed by atoms with van der Waals surface area (Å²) < 4.78 is 24.0. The second kappa shape index (κ2) is 10.6. The number of methoxy groups -OCH3 is 2. The molecule has 3 aromatic carbocycles. The van der Waals surface area contributed by atoms with Gasteiger partial charge in [0.1, 0.15) is 16.5 Å². The van der Waals surface area contributed by atoms with E-state index < -0.39 is 0 Å². The van der Waals surface area contributed by atoms with E-state index in [2.05, 4.69) is 20.8 Å². The Balaban J connectivity index is 1.58. The highest BCUT2D eigenvalue weighted by molar-refractivity contribution is 7.20. The first kappa shape index (κ1) is 22.9. The van der Waals surface area contributed by atoms with Gasteiger partial charge in [-0.25, -0.2) is 9.37 Å². The Bertz CT molecular complexity index is 1310. The van der Waals surface area contributed by atoms with Crippen molar-refractivity contribution >= 4 is 33.6 Å². The van der Waals surface area contributed by atoms with Crippen LogP contribution in [0.4, 0.5) is 14.5 Å². The molecule has 4 rings (SSSR count). The van der Waals surface area contributed by atoms with Crippen molar-refractivity contribution in [3.8, 4) is 22.8 Å². The Labute approximate surface area is 199 Å². The van der Waals surface area contributed by atoms with Gasteiger partial charge >= 0.3 is 0 Å². The third-order valence-corrected chi connectivity index (χ3v) is 5.66. The first-order chi connectivity index (χ1) is 16.6. The minimum atomic E-state index is -0.355. The van der Waals surface area contributed by atoms with Gasteiger partial charge < -0.3 is 14.8 Å². The van der Waals surface area contributed by atoms with Crippen LogP contribution in [0.3, 0.4) is 0 Å². The SMILES string of the molecule is COc1ccc(/C=N/Nc2nc(-c3ccc(F)cc3)c(NC(=O)c3ccccc3)s2)cc1OC. The number of aromatic nitrogens is 1. The second-order valence-corrected chi connectivity index (χ2v) is 8.01. The summed E-state index contributed by atoms with van der Waals surface area (Å²) >= 11 is 1.22. The fraction of sp³-hybridized carbons (Fsp3) is 0.0800. The van der Waals surface area contributed by atoms with E-state index in [4.69, 9.17) is 9.47 Å². The maximum absolute atomic E-state index is 13.4. The standard InChI is InChI=1S/C25H21FN4O3S/c1-32-20-13-8-16(14-21(20)33-2)15-27-30-25-28-22(17-9-11-19(26)12-10-17)24(34-25)29-23(31)18-6-4-3-5-7-18/h3-15H,1-2H3,(H,28,30)(H,29,31)/b27-15+. The summed E-state index contributed by atoms with van der Waals surface area (Å²) in [5.41, 5.74) is 5.38. The molecule has 0 fully saturated rings. The van der Waals surface area contributed by atoms with E-state index in [0.29, 0.717) is 38.5 Å². The van der Waals surface area contributed by atoms with E-state index in [-0.39, 0.29) is 11.7 Å².